The summed E-state index contributed by atoms with van der Waals surface area (Å²) in [4.78, 5) is 12.8. The Bertz CT molecular complexity index is 750. The van der Waals surface area contributed by atoms with Gasteiger partial charge in [0, 0.05) is 18.0 Å². The largest absolute Gasteiger partial charge is 0.390 e. The van der Waals surface area contributed by atoms with Crippen LogP contribution in [-0.2, 0) is 4.79 Å². The molecule has 5 nitrogen and oxygen atoms in total. The van der Waals surface area contributed by atoms with Crippen LogP contribution < -0.4 is 16.2 Å². The van der Waals surface area contributed by atoms with Gasteiger partial charge in [0.25, 0.3) is 0 Å². The second-order valence-electron chi connectivity index (χ2n) is 10.0. The van der Waals surface area contributed by atoms with Crippen molar-refractivity contribution < 1.29 is 9.90 Å². The van der Waals surface area contributed by atoms with Gasteiger partial charge in [-0.3, -0.25) is 15.6 Å². The SMILES string of the molecule is CC1(C)CCC[C@]2(C)[C@@H]1CC[C@](C)(O)[C@@H]2CC(=O)NNC(=S)Nc1ccccc1. The Kier molecular flexibility index (Phi) is 6.25. The Morgan fingerprint density at radius 3 is 2.48 bits per heavy atom. The number of hydrogen-bond donors (Lipinski definition) is 4. The summed E-state index contributed by atoms with van der Waals surface area (Å²) in [5, 5.41) is 14.6. The van der Waals surface area contributed by atoms with Crippen LogP contribution in [0.2, 0.25) is 0 Å². The molecule has 4 atom stereocenters. The molecule has 0 radical (unpaired) electrons. The molecule has 1 amide bonds. The molecule has 0 unspecified atom stereocenters. The predicted molar refractivity (Wildman–Crippen MR) is 121 cm³/mol. The average Bonchev–Trinajstić information content (AvgIpc) is 2.63. The molecule has 0 heterocycles. The molecule has 0 spiro atoms. The number of thiocarbonyl (C=S) groups is 1. The van der Waals surface area contributed by atoms with Crippen molar-refractivity contribution in [3.05, 3.63) is 30.3 Å². The van der Waals surface area contributed by atoms with E-state index >= 15 is 0 Å². The normalized spacial score (nSPS) is 33.3. The quantitative estimate of drug-likeness (QED) is 0.434. The summed E-state index contributed by atoms with van der Waals surface area (Å²) >= 11 is 5.26. The van der Waals surface area contributed by atoms with E-state index < -0.39 is 5.60 Å². The van der Waals surface area contributed by atoms with Crippen LogP contribution in [0.4, 0.5) is 5.69 Å². The second-order valence-corrected chi connectivity index (χ2v) is 10.5. The number of anilines is 1. The van der Waals surface area contributed by atoms with Gasteiger partial charge >= 0.3 is 0 Å². The summed E-state index contributed by atoms with van der Waals surface area (Å²) in [7, 11) is 0. The number of fused-ring (bicyclic) bond motifs is 1. The Morgan fingerprint density at radius 1 is 1.10 bits per heavy atom. The van der Waals surface area contributed by atoms with Gasteiger partial charge in [-0.25, -0.2) is 0 Å². The van der Waals surface area contributed by atoms with Crippen LogP contribution in [0.3, 0.4) is 0 Å². The zero-order valence-electron chi connectivity index (χ0n) is 18.0. The molecule has 2 saturated carbocycles. The minimum Gasteiger partial charge on any atom is -0.390 e. The molecule has 0 bridgehead atoms. The van der Waals surface area contributed by atoms with E-state index in [-0.39, 0.29) is 29.1 Å². The summed E-state index contributed by atoms with van der Waals surface area (Å²) in [5.74, 6) is 0.305. The third kappa shape index (κ3) is 4.75. The molecule has 6 heteroatoms. The van der Waals surface area contributed by atoms with Crippen LogP contribution in [0.25, 0.3) is 0 Å². The fourth-order valence-corrected chi connectivity index (χ4v) is 6.29. The highest BCUT2D eigenvalue weighted by molar-refractivity contribution is 7.80. The van der Waals surface area contributed by atoms with Gasteiger partial charge in [0.05, 0.1) is 5.60 Å². The summed E-state index contributed by atoms with van der Waals surface area (Å²) < 4.78 is 0. The van der Waals surface area contributed by atoms with E-state index in [0.29, 0.717) is 11.0 Å². The summed E-state index contributed by atoms with van der Waals surface area (Å²) in [6.07, 6.45) is 5.49. The molecule has 2 fully saturated rings. The van der Waals surface area contributed by atoms with E-state index in [9.17, 15) is 9.90 Å². The lowest BCUT2D eigenvalue weighted by Crippen LogP contribution is -2.59. The summed E-state index contributed by atoms with van der Waals surface area (Å²) in [5.41, 5.74) is 5.74. The van der Waals surface area contributed by atoms with Crippen molar-refractivity contribution in [2.24, 2.45) is 22.7 Å². The van der Waals surface area contributed by atoms with Crippen molar-refractivity contribution in [2.75, 3.05) is 5.32 Å². The number of hydrogen-bond acceptors (Lipinski definition) is 3. The van der Waals surface area contributed by atoms with Gasteiger partial charge in [0.15, 0.2) is 5.11 Å². The molecule has 4 N–H and O–H groups in total. The molecule has 0 saturated heterocycles. The highest BCUT2D eigenvalue weighted by atomic mass is 32.1. The average molecular weight is 418 g/mol. The van der Waals surface area contributed by atoms with Crippen molar-refractivity contribution in [1.82, 2.24) is 10.9 Å². The molecule has 0 aliphatic heterocycles. The van der Waals surface area contributed by atoms with Crippen LogP contribution in [0.15, 0.2) is 30.3 Å². The Hall–Kier alpha value is -1.66. The van der Waals surface area contributed by atoms with Gasteiger partial charge in [-0.2, -0.15) is 0 Å². The lowest BCUT2D eigenvalue weighted by Gasteiger charge is -2.61. The molecule has 29 heavy (non-hydrogen) atoms. The van der Waals surface area contributed by atoms with E-state index in [4.69, 9.17) is 12.2 Å². The third-order valence-corrected chi connectivity index (χ3v) is 7.70. The Balaban J connectivity index is 1.63. The topological polar surface area (TPSA) is 73.4 Å². The number of para-hydroxylation sites is 1. The van der Waals surface area contributed by atoms with Crippen molar-refractivity contribution in [2.45, 2.75) is 71.8 Å². The molecule has 3 rings (SSSR count). The first-order chi connectivity index (χ1) is 13.5. The number of benzene rings is 1. The zero-order chi connectivity index (χ0) is 21.3. The van der Waals surface area contributed by atoms with Crippen molar-refractivity contribution in [3.8, 4) is 0 Å². The zero-order valence-corrected chi connectivity index (χ0v) is 18.9. The van der Waals surface area contributed by atoms with E-state index in [0.717, 1.165) is 31.4 Å². The van der Waals surface area contributed by atoms with Gasteiger partial charge < -0.3 is 10.4 Å². The molecular formula is C23H35N3O2S. The van der Waals surface area contributed by atoms with Gasteiger partial charge in [-0.1, -0.05) is 45.4 Å². The molecule has 2 aliphatic carbocycles. The number of amides is 1. The number of aliphatic hydroxyl groups is 1. The van der Waals surface area contributed by atoms with Crippen molar-refractivity contribution in [3.63, 3.8) is 0 Å². The standard InChI is InChI=1S/C23H35N3O2S/c1-21(2)12-8-13-22(3)17(21)11-14-23(4,28)18(22)15-19(27)25-26-20(29)24-16-9-6-5-7-10-16/h5-7,9-10,17-18,28H,8,11-15H2,1-4H3,(H,25,27)(H2,24,26,29)/t17-,18-,22-,23+/m1/s1. The van der Waals surface area contributed by atoms with E-state index in [1.54, 1.807) is 0 Å². The number of carbonyl (C=O) groups is 1. The maximum atomic E-state index is 12.8. The van der Waals surface area contributed by atoms with Crippen LogP contribution in [-0.4, -0.2) is 21.7 Å². The van der Waals surface area contributed by atoms with E-state index in [1.807, 2.05) is 37.3 Å². The van der Waals surface area contributed by atoms with E-state index in [1.165, 1.54) is 6.42 Å². The Labute approximate surface area is 180 Å². The van der Waals surface area contributed by atoms with Crippen molar-refractivity contribution >= 4 is 28.9 Å². The first kappa shape index (κ1) is 22.0. The predicted octanol–water partition coefficient (Wildman–Crippen LogP) is 4.39. The fourth-order valence-electron chi connectivity index (χ4n) is 6.12. The highest BCUT2D eigenvalue weighted by Crippen LogP contribution is 2.62. The number of nitrogens with one attached hydrogen (secondary N) is 3. The molecule has 1 aromatic rings. The first-order valence-corrected chi connectivity index (χ1v) is 11.1. The third-order valence-electron chi connectivity index (χ3n) is 7.50. The van der Waals surface area contributed by atoms with Crippen LogP contribution in [0.1, 0.15) is 66.2 Å². The van der Waals surface area contributed by atoms with Gasteiger partial charge in [0.2, 0.25) is 5.91 Å². The highest BCUT2D eigenvalue weighted by Gasteiger charge is 2.58. The number of hydrazine groups is 1. The number of rotatable bonds is 3. The first-order valence-electron chi connectivity index (χ1n) is 10.7. The van der Waals surface area contributed by atoms with Gasteiger partial charge in [0.1, 0.15) is 0 Å². The second kappa shape index (κ2) is 8.23. The van der Waals surface area contributed by atoms with Crippen molar-refractivity contribution in [1.29, 1.82) is 0 Å². The smallest absolute Gasteiger partial charge is 0.238 e. The van der Waals surface area contributed by atoms with Gasteiger partial charge in [-0.05, 0) is 73.7 Å². The molecular weight excluding hydrogens is 382 g/mol. The lowest BCUT2D eigenvalue weighted by molar-refractivity contribution is -0.173. The molecule has 1 aromatic carbocycles. The fraction of sp³-hybridized carbons (Fsp3) is 0.652. The lowest BCUT2D eigenvalue weighted by atomic mass is 9.45. The minimum atomic E-state index is -0.835. The number of carbonyl (C=O) groups excluding carboxylic acids is 1. The Morgan fingerprint density at radius 2 is 1.79 bits per heavy atom. The van der Waals surface area contributed by atoms with Crippen LogP contribution in [0.5, 0.6) is 0 Å². The molecule has 2 aliphatic rings. The molecule has 160 valence electrons. The van der Waals surface area contributed by atoms with Crippen LogP contribution in [0, 0.1) is 22.7 Å². The molecule has 0 aromatic heterocycles. The summed E-state index contributed by atoms with van der Waals surface area (Å²) in [6, 6.07) is 9.57. The van der Waals surface area contributed by atoms with E-state index in [2.05, 4.69) is 36.9 Å². The van der Waals surface area contributed by atoms with Gasteiger partial charge in [-0.15, -0.1) is 0 Å². The summed E-state index contributed by atoms with van der Waals surface area (Å²) in [6.45, 7) is 8.89. The monoisotopic (exact) mass is 417 g/mol. The maximum Gasteiger partial charge on any atom is 0.238 e. The minimum absolute atomic E-state index is 0.0381. The maximum absolute atomic E-state index is 12.8. The van der Waals surface area contributed by atoms with Crippen LogP contribution >= 0.6 is 12.2 Å².